The van der Waals surface area contributed by atoms with Gasteiger partial charge in [0.25, 0.3) is 0 Å². The lowest BCUT2D eigenvalue weighted by atomic mass is 10.2. The minimum absolute atomic E-state index is 0.245. The van der Waals surface area contributed by atoms with Gasteiger partial charge >= 0.3 is 0 Å². The van der Waals surface area contributed by atoms with E-state index in [1.807, 2.05) is 17.0 Å². The number of nitrogens with one attached hydrogen (secondary N) is 1. The zero-order valence-corrected chi connectivity index (χ0v) is 11.9. The minimum Gasteiger partial charge on any atom is -0.368 e. The van der Waals surface area contributed by atoms with E-state index in [0.29, 0.717) is 6.42 Å². The molecule has 0 bridgehead atoms. The Hall–Kier alpha value is -1.81. The van der Waals surface area contributed by atoms with Gasteiger partial charge in [-0.3, -0.25) is 4.79 Å². The molecular formula is C16H23N3O. The summed E-state index contributed by atoms with van der Waals surface area (Å²) in [6, 6.07) is 10.4. The van der Waals surface area contributed by atoms with Crippen molar-refractivity contribution < 1.29 is 4.79 Å². The third kappa shape index (κ3) is 4.10. The molecule has 2 rings (SSSR count). The largest absolute Gasteiger partial charge is 0.368 e. The van der Waals surface area contributed by atoms with E-state index in [-0.39, 0.29) is 5.91 Å². The van der Waals surface area contributed by atoms with Crippen molar-refractivity contribution in [3.8, 4) is 0 Å². The Morgan fingerprint density at radius 2 is 1.90 bits per heavy atom. The van der Waals surface area contributed by atoms with E-state index in [9.17, 15) is 4.79 Å². The predicted molar refractivity (Wildman–Crippen MR) is 82.9 cm³/mol. The van der Waals surface area contributed by atoms with Gasteiger partial charge in [-0.1, -0.05) is 24.3 Å². The summed E-state index contributed by atoms with van der Waals surface area (Å²) in [4.78, 5) is 16.3. The van der Waals surface area contributed by atoms with Gasteiger partial charge in [-0.05, 0) is 12.1 Å². The Kier molecular flexibility index (Phi) is 5.62. The average Bonchev–Trinajstić information content (AvgIpc) is 2.52. The number of piperazine rings is 1. The topological polar surface area (TPSA) is 35.6 Å². The van der Waals surface area contributed by atoms with Crippen LogP contribution >= 0.6 is 0 Å². The number of amides is 1. The van der Waals surface area contributed by atoms with Crippen LogP contribution in [0.25, 0.3) is 0 Å². The summed E-state index contributed by atoms with van der Waals surface area (Å²) in [5.74, 6) is 0.245. The molecule has 1 aromatic carbocycles. The fourth-order valence-corrected chi connectivity index (χ4v) is 2.41. The molecule has 1 aromatic rings. The van der Waals surface area contributed by atoms with E-state index < -0.39 is 0 Å². The number of carbonyl (C=O) groups is 1. The molecule has 4 nitrogen and oxygen atoms in total. The molecule has 1 aliphatic rings. The maximum atomic E-state index is 12.0. The number of carbonyl (C=O) groups excluding carboxylic acids is 1. The Labute approximate surface area is 121 Å². The quantitative estimate of drug-likeness (QED) is 0.630. The van der Waals surface area contributed by atoms with Crippen molar-refractivity contribution >= 4 is 11.6 Å². The highest BCUT2D eigenvalue weighted by Gasteiger charge is 2.20. The maximum Gasteiger partial charge on any atom is 0.223 e. The first-order valence-electron chi connectivity index (χ1n) is 7.20. The van der Waals surface area contributed by atoms with E-state index in [1.165, 1.54) is 5.69 Å². The minimum atomic E-state index is 0.245. The van der Waals surface area contributed by atoms with Crippen LogP contribution in [-0.4, -0.2) is 50.1 Å². The lowest BCUT2D eigenvalue weighted by Gasteiger charge is -2.36. The monoisotopic (exact) mass is 273 g/mol. The number of rotatable bonds is 6. The molecule has 1 heterocycles. The number of anilines is 1. The van der Waals surface area contributed by atoms with Gasteiger partial charge in [0.1, 0.15) is 0 Å². The zero-order chi connectivity index (χ0) is 14.2. The highest BCUT2D eigenvalue weighted by Crippen LogP contribution is 2.15. The second kappa shape index (κ2) is 7.70. The van der Waals surface area contributed by atoms with Gasteiger partial charge < -0.3 is 15.1 Å². The SMILES string of the molecule is C=CCNCCC(=O)N1CCN(c2ccccc2)CC1. The number of hydrogen-bond acceptors (Lipinski definition) is 3. The van der Waals surface area contributed by atoms with Crippen LogP contribution in [0.1, 0.15) is 6.42 Å². The molecule has 0 aromatic heterocycles. The number of hydrogen-bond donors (Lipinski definition) is 1. The van der Waals surface area contributed by atoms with Gasteiger partial charge in [0, 0.05) is 51.4 Å². The van der Waals surface area contributed by atoms with Crippen molar-refractivity contribution in [3.05, 3.63) is 43.0 Å². The molecule has 1 amide bonds. The first kappa shape index (κ1) is 14.6. The third-order valence-corrected chi connectivity index (χ3v) is 3.56. The van der Waals surface area contributed by atoms with Crippen molar-refractivity contribution in [1.82, 2.24) is 10.2 Å². The molecule has 0 spiro atoms. The Bertz CT molecular complexity index is 425. The molecule has 0 saturated carbocycles. The number of benzene rings is 1. The van der Waals surface area contributed by atoms with Gasteiger partial charge in [0.2, 0.25) is 5.91 Å². The third-order valence-electron chi connectivity index (χ3n) is 3.56. The van der Waals surface area contributed by atoms with Crippen molar-refractivity contribution in [2.75, 3.05) is 44.2 Å². The van der Waals surface area contributed by atoms with Crippen LogP contribution < -0.4 is 10.2 Å². The zero-order valence-electron chi connectivity index (χ0n) is 11.9. The number of para-hydroxylation sites is 1. The summed E-state index contributed by atoms with van der Waals surface area (Å²) in [6.45, 7) is 8.58. The highest BCUT2D eigenvalue weighted by atomic mass is 16.2. The highest BCUT2D eigenvalue weighted by molar-refractivity contribution is 5.76. The van der Waals surface area contributed by atoms with Crippen molar-refractivity contribution in [1.29, 1.82) is 0 Å². The predicted octanol–water partition coefficient (Wildman–Crippen LogP) is 1.50. The molecule has 20 heavy (non-hydrogen) atoms. The fraction of sp³-hybridized carbons (Fsp3) is 0.438. The lowest BCUT2D eigenvalue weighted by Crippen LogP contribution is -2.49. The van der Waals surface area contributed by atoms with Crippen LogP contribution in [0.15, 0.2) is 43.0 Å². The van der Waals surface area contributed by atoms with Gasteiger partial charge in [-0.25, -0.2) is 0 Å². The first-order chi connectivity index (χ1) is 9.81. The van der Waals surface area contributed by atoms with Gasteiger partial charge in [0.05, 0.1) is 0 Å². The second-order valence-corrected chi connectivity index (χ2v) is 4.95. The molecule has 0 aliphatic carbocycles. The molecule has 0 atom stereocenters. The summed E-state index contributed by atoms with van der Waals surface area (Å²) in [5, 5.41) is 3.16. The van der Waals surface area contributed by atoms with Gasteiger partial charge in [0.15, 0.2) is 0 Å². The summed E-state index contributed by atoms with van der Waals surface area (Å²) in [7, 11) is 0. The molecule has 4 heteroatoms. The average molecular weight is 273 g/mol. The van der Waals surface area contributed by atoms with Crippen LogP contribution in [0.5, 0.6) is 0 Å². The standard InChI is InChI=1S/C16H23N3O/c1-2-9-17-10-8-16(20)19-13-11-18(12-14-19)15-6-4-3-5-7-15/h2-7,17H,1,8-14H2. The van der Waals surface area contributed by atoms with Crippen molar-refractivity contribution in [3.63, 3.8) is 0 Å². The molecule has 0 radical (unpaired) electrons. The fourth-order valence-electron chi connectivity index (χ4n) is 2.41. The van der Waals surface area contributed by atoms with Crippen LogP contribution in [0.2, 0.25) is 0 Å². The van der Waals surface area contributed by atoms with Gasteiger partial charge in [-0.15, -0.1) is 6.58 Å². The summed E-state index contributed by atoms with van der Waals surface area (Å²) >= 11 is 0. The van der Waals surface area contributed by atoms with Gasteiger partial charge in [-0.2, -0.15) is 0 Å². The Morgan fingerprint density at radius 3 is 2.55 bits per heavy atom. The van der Waals surface area contributed by atoms with E-state index in [0.717, 1.165) is 39.3 Å². The molecule has 108 valence electrons. The summed E-state index contributed by atoms with van der Waals surface area (Å²) in [5.41, 5.74) is 1.24. The smallest absolute Gasteiger partial charge is 0.223 e. The van der Waals surface area contributed by atoms with E-state index in [2.05, 4.69) is 41.1 Å². The van der Waals surface area contributed by atoms with Crippen LogP contribution in [0.4, 0.5) is 5.69 Å². The summed E-state index contributed by atoms with van der Waals surface area (Å²) in [6.07, 6.45) is 2.38. The second-order valence-electron chi connectivity index (χ2n) is 4.95. The molecular weight excluding hydrogens is 250 g/mol. The normalized spacial score (nSPS) is 15.2. The summed E-state index contributed by atoms with van der Waals surface area (Å²) < 4.78 is 0. The molecule has 0 unspecified atom stereocenters. The van der Waals surface area contributed by atoms with E-state index in [1.54, 1.807) is 0 Å². The van der Waals surface area contributed by atoms with Crippen molar-refractivity contribution in [2.24, 2.45) is 0 Å². The van der Waals surface area contributed by atoms with E-state index in [4.69, 9.17) is 0 Å². The first-order valence-corrected chi connectivity index (χ1v) is 7.20. The Balaban J connectivity index is 1.73. The number of nitrogens with zero attached hydrogens (tertiary/aromatic N) is 2. The maximum absolute atomic E-state index is 12.0. The van der Waals surface area contributed by atoms with E-state index >= 15 is 0 Å². The molecule has 1 aliphatic heterocycles. The Morgan fingerprint density at radius 1 is 1.20 bits per heavy atom. The molecule has 1 N–H and O–H groups in total. The van der Waals surface area contributed by atoms with Crippen LogP contribution in [0.3, 0.4) is 0 Å². The molecule has 1 fully saturated rings. The van der Waals surface area contributed by atoms with Crippen LogP contribution in [0, 0.1) is 0 Å². The lowest BCUT2D eigenvalue weighted by molar-refractivity contribution is -0.131. The van der Waals surface area contributed by atoms with Crippen LogP contribution in [-0.2, 0) is 4.79 Å². The van der Waals surface area contributed by atoms with Crippen molar-refractivity contribution in [2.45, 2.75) is 6.42 Å². The molecule has 1 saturated heterocycles.